The number of nitrogens with one attached hydrogen (secondary N) is 2. The van der Waals surface area contributed by atoms with Gasteiger partial charge in [-0.2, -0.15) is 0 Å². The Labute approximate surface area is 110 Å². The monoisotopic (exact) mass is 260 g/mol. The lowest BCUT2D eigenvalue weighted by molar-refractivity contribution is -0.213. The van der Waals surface area contributed by atoms with Gasteiger partial charge in [-0.3, -0.25) is 9.59 Å². The van der Waals surface area contributed by atoms with Crippen LogP contribution in [0.1, 0.15) is 13.3 Å². The van der Waals surface area contributed by atoms with E-state index in [-0.39, 0.29) is 35.5 Å². The highest BCUT2D eigenvalue weighted by molar-refractivity contribution is 5.92. The first-order chi connectivity index (χ1) is 9.02. The van der Waals surface area contributed by atoms with Crippen molar-refractivity contribution in [2.24, 2.45) is 47.3 Å². The molecule has 0 spiro atoms. The second-order valence-corrected chi connectivity index (χ2v) is 7.65. The van der Waals surface area contributed by atoms with Crippen molar-refractivity contribution in [2.45, 2.75) is 24.6 Å². The van der Waals surface area contributed by atoms with Gasteiger partial charge >= 0.3 is 0 Å². The van der Waals surface area contributed by atoms with Crippen LogP contribution in [0.5, 0.6) is 0 Å². The van der Waals surface area contributed by atoms with E-state index in [1.54, 1.807) is 0 Å². The van der Waals surface area contributed by atoms with E-state index in [1.165, 1.54) is 6.92 Å². The van der Waals surface area contributed by atoms with Crippen molar-refractivity contribution in [1.82, 2.24) is 10.6 Å². The van der Waals surface area contributed by atoms with Crippen molar-refractivity contribution in [3.05, 3.63) is 0 Å². The fraction of sp³-hybridized carbons (Fsp3) is 0.857. The van der Waals surface area contributed by atoms with Crippen LogP contribution in [0.4, 0.5) is 0 Å². The standard InChI is InChI=1S/C14H16N2O3/c1-3(17)15-14-9-5-2-4-6-7(5)11(14)10(6)13(19,8(4)9)12(18)16-14/h4-11,19H,2H2,1H3,(H,15,17)(H,16,18). The highest BCUT2D eigenvalue weighted by Crippen LogP contribution is 2.88. The van der Waals surface area contributed by atoms with Crippen LogP contribution in [0.25, 0.3) is 0 Å². The predicted molar refractivity (Wildman–Crippen MR) is 62.2 cm³/mol. The predicted octanol–water partition coefficient (Wildman–Crippen LogP) is -0.933. The Morgan fingerprint density at radius 2 is 1.95 bits per heavy atom. The first kappa shape index (κ1) is 9.75. The third-order valence-corrected chi connectivity index (χ3v) is 7.64. The highest BCUT2D eigenvalue weighted by Gasteiger charge is 2.95. The molecule has 5 aliphatic carbocycles. The molecular formula is C14H16N2O3. The van der Waals surface area contributed by atoms with E-state index in [0.717, 1.165) is 6.42 Å². The van der Waals surface area contributed by atoms with Crippen molar-refractivity contribution in [3.8, 4) is 0 Å². The number of piperidine rings is 2. The van der Waals surface area contributed by atoms with Gasteiger partial charge in [-0.15, -0.1) is 0 Å². The van der Waals surface area contributed by atoms with Gasteiger partial charge in [-0.05, 0) is 30.1 Å². The fourth-order valence-electron chi connectivity index (χ4n) is 7.91. The Bertz CT molecular complexity index is 591. The second kappa shape index (κ2) is 2.22. The zero-order valence-electron chi connectivity index (χ0n) is 10.6. The Morgan fingerprint density at radius 1 is 1.26 bits per heavy atom. The molecule has 0 radical (unpaired) electrons. The topological polar surface area (TPSA) is 78.4 Å². The lowest BCUT2D eigenvalue weighted by Crippen LogP contribution is -2.84. The minimum absolute atomic E-state index is 0.0710. The molecular weight excluding hydrogens is 244 g/mol. The number of carbonyl (C=O) groups is 2. The molecule has 0 aromatic carbocycles. The number of carbonyl (C=O) groups excluding carboxylic acids is 2. The van der Waals surface area contributed by atoms with E-state index >= 15 is 0 Å². The van der Waals surface area contributed by atoms with Gasteiger partial charge in [0.2, 0.25) is 5.91 Å². The maximum Gasteiger partial charge on any atom is 0.254 e. The van der Waals surface area contributed by atoms with Crippen LogP contribution in [-0.4, -0.2) is 28.2 Å². The summed E-state index contributed by atoms with van der Waals surface area (Å²) >= 11 is 0. The minimum atomic E-state index is -1.12. The van der Waals surface area contributed by atoms with Crippen LogP contribution in [0, 0.1) is 47.3 Å². The summed E-state index contributed by atoms with van der Waals surface area (Å²) in [6.07, 6.45) is 1.16. The summed E-state index contributed by atoms with van der Waals surface area (Å²) in [4.78, 5) is 24.0. The number of aliphatic hydroxyl groups is 1. The van der Waals surface area contributed by atoms with Gasteiger partial charge in [0, 0.05) is 30.6 Å². The molecule has 5 heteroatoms. The molecule has 2 aliphatic heterocycles. The van der Waals surface area contributed by atoms with Crippen LogP contribution >= 0.6 is 0 Å². The second-order valence-electron chi connectivity index (χ2n) is 7.65. The Kier molecular flexibility index (Phi) is 1.14. The smallest absolute Gasteiger partial charge is 0.254 e. The highest BCUT2D eigenvalue weighted by atomic mass is 16.3. The molecule has 4 bridgehead atoms. The fourth-order valence-corrected chi connectivity index (χ4v) is 7.91. The van der Waals surface area contributed by atoms with Crippen molar-refractivity contribution in [3.63, 3.8) is 0 Å². The van der Waals surface area contributed by atoms with Crippen molar-refractivity contribution < 1.29 is 14.7 Å². The third kappa shape index (κ3) is 0.603. The largest absolute Gasteiger partial charge is 0.379 e. The Hall–Kier alpha value is -1.10. The van der Waals surface area contributed by atoms with E-state index in [2.05, 4.69) is 10.6 Å². The molecule has 2 amide bonds. The molecule has 5 nitrogen and oxygen atoms in total. The molecule has 2 heterocycles. The molecule has 7 rings (SSSR count). The molecule has 0 aromatic rings. The van der Waals surface area contributed by atoms with Crippen molar-refractivity contribution >= 4 is 11.8 Å². The van der Waals surface area contributed by atoms with E-state index in [0.29, 0.717) is 23.7 Å². The summed E-state index contributed by atoms with van der Waals surface area (Å²) in [5.74, 6) is 2.81. The van der Waals surface area contributed by atoms with Gasteiger partial charge in [0.15, 0.2) is 0 Å². The normalized spacial score (nSPS) is 71.6. The molecule has 100 valence electrons. The van der Waals surface area contributed by atoms with Gasteiger partial charge in [0.1, 0.15) is 11.3 Å². The molecule has 7 fully saturated rings. The van der Waals surface area contributed by atoms with Gasteiger partial charge in [0.05, 0.1) is 0 Å². The maximum atomic E-state index is 12.4. The molecule has 7 aliphatic rings. The quantitative estimate of drug-likeness (QED) is 0.570. The van der Waals surface area contributed by atoms with E-state index in [4.69, 9.17) is 0 Å². The first-order valence-electron chi connectivity index (χ1n) is 7.35. The van der Waals surface area contributed by atoms with Gasteiger partial charge in [-0.25, -0.2) is 0 Å². The zero-order valence-corrected chi connectivity index (χ0v) is 10.6. The summed E-state index contributed by atoms with van der Waals surface area (Å²) < 4.78 is 0. The number of rotatable bonds is 1. The average Bonchev–Trinajstić information content (AvgIpc) is 2.78. The summed E-state index contributed by atoms with van der Waals surface area (Å²) in [5.41, 5.74) is -1.65. The van der Waals surface area contributed by atoms with Crippen LogP contribution in [-0.2, 0) is 9.59 Å². The van der Waals surface area contributed by atoms with Gasteiger partial charge in [0.25, 0.3) is 5.91 Å². The summed E-state index contributed by atoms with van der Waals surface area (Å²) in [6, 6.07) is 0. The van der Waals surface area contributed by atoms with Crippen molar-refractivity contribution in [1.29, 1.82) is 0 Å². The number of hydrogen-bond donors (Lipinski definition) is 3. The van der Waals surface area contributed by atoms with Gasteiger partial charge in [-0.1, -0.05) is 0 Å². The third-order valence-electron chi connectivity index (χ3n) is 7.64. The molecule has 2 saturated heterocycles. The Balaban J connectivity index is 1.65. The Morgan fingerprint density at radius 3 is 2.68 bits per heavy atom. The van der Waals surface area contributed by atoms with Crippen LogP contribution in [0.15, 0.2) is 0 Å². The lowest BCUT2D eigenvalue weighted by atomic mass is 9.50. The molecule has 0 aromatic heterocycles. The van der Waals surface area contributed by atoms with Crippen LogP contribution in [0.2, 0.25) is 0 Å². The molecule has 3 N–H and O–H groups in total. The lowest BCUT2D eigenvalue weighted by Gasteiger charge is -2.63. The minimum Gasteiger partial charge on any atom is -0.379 e. The number of fused-ring (bicyclic) bond motifs is 1. The molecule has 5 saturated carbocycles. The van der Waals surface area contributed by atoms with E-state index in [1.807, 2.05) is 0 Å². The summed E-state index contributed by atoms with van der Waals surface area (Å²) in [7, 11) is 0. The maximum absolute atomic E-state index is 12.4. The average molecular weight is 260 g/mol. The summed E-state index contributed by atoms with van der Waals surface area (Å²) in [5, 5.41) is 17.1. The van der Waals surface area contributed by atoms with Gasteiger partial charge < -0.3 is 15.7 Å². The van der Waals surface area contributed by atoms with E-state index < -0.39 is 11.3 Å². The molecule has 10 unspecified atom stereocenters. The number of hydrogen-bond acceptors (Lipinski definition) is 3. The molecule has 10 atom stereocenters. The molecule has 19 heavy (non-hydrogen) atoms. The van der Waals surface area contributed by atoms with Crippen molar-refractivity contribution in [2.75, 3.05) is 0 Å². The first-order valence-corrected chi connectivity index (χ1v) is 7.35. The summed E-state index contributed by atoms with van der Waals surface area (Å²) in [6.45, 7) is 1.52. The van der Waals surface area contributed by atoms with E-state index in [9.17, 15) is 14.7 Å². The number of amides is 2. The SMILES string of the molecule is CC(=O)NC12NC(=O)C3(O)C4C5CC(C6C5C3C61)C42. The van der Waals surface area contributed by atoms with Crippen LogP contribution in [0.3, 0.4) is 0 Å². The van der Waals surface area contributed by atoms with Crippen LogP contribution < -0.4 is 10.6 Å². The zero-order chi connectivity index (χ0) is 12.9.